The molecule has 0 saturated carbocycles. The number of carbonyl (C=O) groups is 1. The predicted molar refractivity (Wildman–Crippen MR) is 57.3 cm³/mol. The van der Waals surface area contributed by atoms with Crippen molar-refractivity contribution >= 4 is 17.7 Å². The molecule has 0 aliphatic carbocycles. The number of methoxy groups -OCH3 is 1. The third kappa shape index (κ3) is 1.91. The molecule has 1 aliphatic rings. The molecule has 0 bridgehead atoms. The van der Waals surface area contributed by atoms with Crippen molar-refractivity contribution in [1.29, 1.82) is 0 Å². The molecule has 1 saturated heterocycles. The van der Waals surface area contributed by atoms with E-state index in [1.165, 1.54) is 7.11 Å². The van der Waals surface area contributed by atoms with E-state index in [4.69, 9.17) is 4.74 Å². The first-order valence-corrected chi connectivity index (χ1v) is 5.98. The normalized spacial score (nSPS) is 28.6. The standard InChI is InChI=1S/C10H18O3S/c1-9(2,8(11)13-3)10(12)5-4-6-14-7-10/h12H,4-7H2,1-3H3. The van der Waals surface area contributed by atoms with E-state index in [0.29, 0.717) is 12.2 Å². The van der Waals surface area contributed by atoms with E-state index in [0.717, 1.165) is 12.2 Å². The molecule has 1 unspecified atom stereocenters. The zero-order valence-electron chi connectivity index (χ0n) is 9.00. The smallest absolute Gasteiger partial charge is 0.314 e. The zero-order valence-corrected chi connectivity index (χ0v) is 9.82. The molecular weight excluding hydrogens is 200 g/mol. The molecule has 1 atom stereocenters. The minimum absolute atomic E-state index is 0.331. The SMILES string of the molecule is COC(=O)C(C)(C)C1(O)CCCSC1. The second-order valence-electron chi connectivity index (χ2n) is 4.30. The Hall–Kier alpha value is -0.220. The second-order valence-corrected chi connectivity index (χ2v) is 5.41. The van der Waals surface area contributed by atoms with E-state index in [9.17, 15) is 9.90 Å². The van der Waals surface area contributed by atoms with E-state index < -0.39 is 11.0 Å². The molecule has 0 aromatic carbocycles. The second kappa shape index (κ2) is 4.11. The average Bonchev–Trinajstić information content (AvgIpc) is 2.17. The van der Waals surface area contributed by atoms with Crippen LogP contribution < -0.4 is 0 Å². The van der Waals surface area contributed by atoms with Gasteiger partial charge < -0.3 is 9.84 Å². The highest BCUT2D eigenvalue weighted by molar-refractivity contribution is 7.99. The Kier molecular flexibility index (Phi) is 3.48. The number of thioether (sulfide) groups is 1. The summed E-state index contributed by atoms with van der Waals surface area (Å²) in [6.45, 7) is 3.51. The molecule has 1 heterocycles. The van der Waals surface area contributed by atoms with Crippen LogP contribution in [-0.4, -0.2) is 35.3 Å². The summed E-state index contributed by atoms with van der Waals surface area (Å²) in [6.07, 6.45) is 1.64. The maximum atomic E-state index is 11.5. The van der Waals surface area contributed by atoms with Crippen molar-refractivity contribution in [2.45, 2.75) is 32.3 Å². The molecule has 0 radical (unpaired) electrons. The Bertz CT molecular complexity index is 219. The summed E-state index contributed by atoms with van der Waals surface area (Å²) in [5.41, 5.74) is -1.72. The number of rotatable bonds is 2. The minimum atomic E-state index is -0.914. The van der Waals surface area contributed by atoms with E-state index in [1.54, 1.807) is 25.6 Å². The molecular formula is C10H18O3S. The van der Waals surface area contributed by atoms with Crippen LogP contribution in [0.2, 0.25) is 0 Å². The van der Waals surface area contributed by atoms with Gasteiger partial charge in [-0.3, -0.25) is 4.79 Å². The first kappa shape index (κ1) is 11.9. The van der Waals surface area contributed by atoms with Crippen LogP contribution in [-0.2, 0) is 9.53 Å². The minimum Gasteiger partial charge on any atom is -0.469 e. The van der Waals surface area contributed by atoms with Crippen molar-refractivity contribution in [3.63, 3.8) is 0 Å². The van der Waals surface area contributed by atoms with Gasteiger partial charge in [-0.15, -0.1) is 0 Å². The fourth-order valence-corrected chi connectivity index (χ4v) is 3.05. The van der Waals surface area contributed by atoms with Crippen LogP contribution in [0.25, 0.3) is 0 Å². The zero-order chi connectivity index (χ0) is 10.8. The number of hydrogen-bond acceptors (Lipinski definition) is 4. The summed E-state index contributed by atoms with van der Waals surface area (Å²) in [5, 5.41) is 10.4. The van der Waals surface area contributed by atoms with Gasteiger partial charge >= 0.3 is 5.97 Å². The molecule has 0 amide bonds. The fourth-order valence-electron chi connectivity index (χ4n) is 1.72. The van der Waals surface area contributed by atoms with Crippen molar-refractivity contribution in [2.75, 3.05) is 18.6 Å². The van der Waals surface area contributed by atoms with Gasteiger partial charge in [0, 0.05) is 5.75 Å². The van der Waals surface area contributed by atoms with Crippen LogP contribution >= 0.6 is 11.8 Å². The van der Waals surface area contributed by atoms with Crippen molar-refractivity contribution in [3.8, 4) is 0 Å². The van der Waals surface area contributed by atoms with Gasteiger partial charge in [0.25, 0.3) is 0 Å². The quantitative estimate of drug-likeness (QED) is 0.712. The Labute approximate surface area is 89.2 Å². The van der Waals surface area contributed by atoms with Gasteiger partial charge in [-0.25, -0.2) is 0 Å². The van der Waals surface area contributed by atoms with Gasteiger partial charge in [0.05, 0.1) is 18.1 Å². The average molecular weight is 218 g/mol. The molecule has 1 N–H and O–H groups in total. The predicted octanol–water partition coefficient (Wildman–Crippen LogP) is 1.44. The van der Waals surface area contributed by atoms with Crippen molar-refractivity contribution in [3.05, 3.63) is 0 Å². The van der Waals surface area contributed by atoms with Gasteiger partial charge in [-0.2, -0.15) is 11.8 Å². The topological polar surface area (TPSA) is 46.5 Å². The Morgan fingerprint density at radius 2 is 2.21 bits per heavy atom. The molecule has 1 rings (SSSR count). The first-order valence-electron chi connectivity index (χ1n) is 4.82. The molecule has 0 spiro atoms. The fraction of sp³-hybridized carbons (Fsp3) is 0.900. The monoisotopic (exact) mass is 218 g/mol. The third-order valence-corrected chi connectivity index (χ3v) is 4.34. The lowest BCUT2D eigenvalue weighted by Crippen LogP contribution is -2.53. The molecule has 4 heteroatoms. The molecule has 1 aliphatic heterocycles. The van der Waals surface area contributed by atoms with Gasteiger partial charge in [0.15, 0.2) is 0 Å². The van der Waals surface area contributed by atoms with Crippen LogP contribution in [0.5, 0.6) is 0 Å². The van der Waals surface area contributed by atoms with Crippen LogP contribution in [0.3, 0.4) is 0 Å². The largest absolute Gasteiger partial charge is 0.469 e. The van der Waals surface area contributed by atoms with Gasteiger partial charge in [0.1, 0.15) is 0 Å². The number of esters is 1. The summed E-state index contributed by atoms with van der Waals surface area (Å²) in [4.78, 5) is 11.5. The summed E-state index contributed by atoms with van der Waals surface area (Å²) >= 11 is 1.70. The molecule has 14 heavy (non-hydrogen) atoms. The van der Waals surface area contributed by atoms with Crippen molar-refractivity contribution in [1.82, 2.24) is 0 Å². The number of ether oxygens (including phenoxy) is 1. The lowest BCUT2D eigenvalue weighted by atomic mass is 9.73. The molecule has 3 nitrogen and oxygen atoms in total. The summed E-state index contributed by atoms with van der Waals surface area (Å²) < 4.78 is 4.73. The van der Waals surface area contributed by atoms with E-state index >= 15 is 0 Å². The van der Waals surface area contributed by atoms with Crippen LogP contribution in [0, 0.1) is 5.41 Å². The molecule has 0 aromatic rings. The Balaban J connectivity index is 2.82. The summed E-state index contributed by atoms with van der Waals surface area (Å²) in [5.74, 6) is 1.36. The highest BCUT2D eigenvalue weighted by Crippen LogP contribution is 2.41. The molecule has 82 valence electrons. The maximum Gasteiger partial charge on any atom is 0.314 e. The van der Waals surface area contributed by atoms with E-state index in [2.05, 4.69) is 0 Å². The number of aliphatic hydroxyl groups is 1. The van der Waals surface area contributed by atoms with Crippen molar-refractivity contribution in [2.24, 2.45) is 5.41 Å². The Morgan fingerprint density at radius 1 is 1.57 bits per heavy atom. The molecule has 1 fully saturated rings. The van der Waals surface area contributed by atoms with E-state index in [1.807, 2.05) is 0 Å². The highest BCUT2D eigenvalue weighted by atomic mass is 32.2. The number of hydrogen-bond donors (Lipinski definition) is 1. The van der Waals surface area contributed by atoms with E-state index in [-0.39, 0.29) is 5.97 Å². The number of carbonyl (C=O) groups excluding carboxylic acids is 1. The lowest BCUT2D eigenvalue weighted by molar-refractivity contribution is -0.166. The Morgan fingerprint density at radius 3 is 2.64 bits per heavy atom. The third-order valence-electron chi connectivity index (χ3n) is 3.08. The van der Waals surface area contributed by atoms with Gasteiger partial charge in [-0.05, 0) is 32.4 Å². The van der Waals surface area contributed by atoms with Gasteiger partial charge in [0.2, 0.25) is 0 Å². The van der Waals surface area contributed by atoms with Gasteiger partial charge in [-0.1, -0.05) is 0 Å². The van der Waals surface area contributed by atoms with Crippen LogP contribution in [0.4, 0.5) is 0 Å². The first-order chi connectivity index (χ1) is 6.44. The highest BCUT2D eigenvalue weighted by Gasteiger charge is 2.50. The van der Waals surface area contributed by atoms with Crippen molar-refractivity contribution < 1.29 is 14.6 Å². The molecule has 0 aromatic heterocycles. The summed E-state index contributed by atoms with van der Waals surface area (Å²) in [7, 11) is 1.36. The summed E-state index contributed by atoms with van der Waals surface area (Å²) in [6, 6.07) is 0. The van der Waals surface area contributed by atoms with Crippen LogP contribution in [0.15, 0.2) is 0 Å². The maximum absolute atomic E-state index is 11.5. The lowest BCUT2D eigenvalue weighted by Gasteiger charge is -2.42. The van der Waals surface area contributed by atoms with Crippen LogP contribution in [0.1, 0.15) is 26.7 Å².